The minimum absolute atomic E-state index is 0.118. The second kappa shape index (κ2) is 6.85. The number of carboxylic acid groups (broad SMARTS) is 2. The summed E-state index contributed by atoms with van der Waals surface area (Å²) in [5.41, 5.74) is 0.684. The number of amides is 1. The van der Waals surface area contributed by atoms with Gasteiger partial charge in [-0.15, -0.1) is 0 Å². The maximum Gasteiger partial charge on any atom is 0.326 e. The first-order valence-electron chi connectivity index (χ1n) is 5.69. The lowest BCUT2D eigenvalue weighted by atomic mass is 10.1. The van der Waals surface area contributed by atoms with E-state index in [1.54, 1.807) is 6.92 Å². The van der Waals surface area contributed by atoms with E-state index in [-0.39, 0.29) is 23.6 Å². The highest BCUT2D eigenvalue weighted by atomic mass is 35.5. The molecule has 0 radical (unpaired) electrons. The smallest absolute Gasteiger partial charge is 0.326 e. The molecule has 0 aromatic carbocycles. The Balaban J connectivity index is 2.79. The van der Waals surface area contributed by atoms with Crippen LogP contribution in [0, 0.1) is 6.92 Å². The molecule has 0 saturated carbocycles. The number of rotatable bonds is 6. The average Bonchev–Trinajstić information content (AvgIpc) is 2.32. The van der Waals surface area contributed by atoms with Gasteiger partial charge in [-0.3, -0.25) is 9.59 Å². The molecule has 1 aromatic heterocycles. The van der Waals surface area contributed by atoms with Gasteiger partial charge in [0.2, 0.25) is 0 Å². The number of carbonyl (C=O) groups excluding carboxylic acids is 1. The molecule has 0 saturated heterocycles. The molecule has 7 nitrogen and oxygen atoms in total. The van der Waals surface area contributed by atoms with E-state index in [0.717, 1.165) is 0 Å². The molecule has 0 aliphatic rings. The van der Waals surface area contributed by atoms with Crippen molar-refractivity contribution < 1.29 is 24.6 Å². The number of aliphatic carboxylic acids is 2. The largest absolute Gasteiger partial charge is 0.481 e. The maximum absolute atomic E-state index is 11.9. The number of aryl methyl sites for hydroxylation is 1. The van der Waals surface area contributed by atoms with Crippen LogP contribution in [0.4, 0.5) is 0 Å². The molecule has 20 heavy (non-hydrogen) atoms. The van der Waals surface area contributed by atoms with Gasteiger partial charge in [-0.25, -0.2) is 9.78 Å². The summed E-state index contributed by atoms with van der Waals surface area (Å²) in [6, 6.07) is 1.49. The molecule has 1 amide bonds. The number of carbonyl (C=O) groups is 3. The van der Waals surface area contributed by atoms with Gasteiger partial charge in [0.05, 0.1) is 0 Å². The van der Waals surface area contributed by atoms with E-state index in [0.29, 0.717) is 5.69 Å². The zero-order valence-corrected chi connectivity index (χ0v) is 11.3. The van der Waals surface area contributed by atoms with Gasteiger partial charge in [0.25, 0.3) is 5.91 Å². The number of aromatic nitrogens is 1. The maximum atomic E-state index is 11.9. The molecule has 1 aromatic rings. The number of nitrogens with zero attached hydrogens (tertiary/aromatic N) is 1. The standard InChI is InChI=1S/C12H13ClN2O5/c1-6-4-7(5-9(13)14-6)11(18)15-8(12(19)20)2-3-10(16)17/h4-5,8H,2-3H2,1H3,(H,15,18)(H,16,17)(H,19,20). The van der Waals surface area contributed by atoms with Crippen LogP contribution < -0.4 is 5.32 Å². The molecule has 0 fully saturated rings. The van der Waals surface area contributed by atoms with E-state index >= 15 is 0 Å². The fraction of sp³-hybridized carbons (Fsp3) is 0.333. The molecule has 0 aliphatic carbocycles. The van der Waals surface area contributed by atoms with Crippen LogP contribution in [0.2, 0.25) is 5.15 Å². The quantitative estimate of drug-likeness (QED) is 0.677. The molecule has 3 N–H and O–H groups in total. The van der Waals surface area contributed by atoms with Gasteiger partial charge < -0.3 is 15.5 Å². The molecule has 0 spiro atoms. The molecule has 1 heterocycles. The Bertz CT molecular complexity index is 526. The molecular formula is C12H13ClN2O5. The van der Waals surface area contributed by atoms with Crippen molar-refractivity contribution in [1.82, 2.24) is 10.3 Å². The first-order chi connectivity index (χ1) is 9.29. The Morgan fingerprint density at radius 2 is 2.00 bits per heavy atom. The van der Waals surface area contributed by atoms with Gasteiger partial charge in [-0.1, -0.05) is 11.6 Å². The number of hydrogen-bond acceptors (Lipinski definition) is 4. The van der Waals surface area contributed by atoms with Gasteiger partial charge >= 0.3 is 11.9 Å². The normalized spacial score (nSPS) is 11.7. The summed E-state index contributed by atoms with van der Waals surface area (Å²) in [5, 5.41) is 19.9. The van der Waals surface area contributed by atoms with Crippen LogP contribution in [-0.4, -0.2) is 39.1 Å². The van der Waals surface area contributed by atoms with Crippen LogP contribution in [0.5, 0.6) is 0 Å². The third-order valence-electron chi connectivity index (χ3n) is 2.43. The third kappa shape index (κ3) is 4.85. The topological polar surface area (TPSA) is 117 Å². The van der Waals surface area contributed by atoms with E-state index in [4.69, 9.17) is 21.8 Å². The Kier molecular flexibility index (Phi) is 5.45. The van der Waals surface area contributed by atoms with E-state index in [9.17, 15) is 14.4 Å². The van der Waals surface area contributed by atoms with E-state index < -0.39 is 23.9 Å². The van der Waals surface area contributed by atoms with Crippen LogP contribution in [0.1, 0.15) is 28.9 Å². The predicted octanol–water partition coefficient (Wildman–Crippen LogP) is 1.09. The van der Waals surface area contributed by atoms with E-state index in [2.05, 4.69) is 10.3 Å². The summed E-state index contributed by atoms with van der Waals surface area (Å²) in [7, 11) is 0. The lowest BCUT2D eigenvalue weighted by Crippen LogP contribution is -2.41. The van der Waals surface area contributed by atoms with Crippen LogP contribution >= 0.6 is 11.6 Å². The lowest BCUT2D eigenvalue weighted by molar-refractivity contribution is -0.140. The summed E-state index contributed by atoms with van der Waals surface area (Å²) in [5.74, 6) is -3.07. The van der Waals surface area contributed by atoms with E-state index in [1.807, 2.05) is 0 Å². The van der Waals surface area contributed by atoms with Gasteiger partial charge in [0.15, 0.2) is 0 Å². The summed E-state index contributed by atoms with van der Waals surface area (Å²) in [6.45, 7) is 1.64. The Morgan fingerprint density at radius 1 is 1.35 bits per heavy atom. The van der Waals surface area contributed by atoms with Crippen molar-refractivity contribution in [2.24, 2.45) is 0 Å². The Labute approximate surface area is 119 Å². The van der Waals surface area contributed by atoms with Crippen LogP contribution in [0.15, 0.2) is 12.1 Å². The SMILES string of the molecule is Cc1cc(C(=O)NC(CCC(=O)O)C(=O)O)cc(Cl)n1. The number of halogens is 1. The second-order valence-electron chi connectivity index (χ2n) is 4.12. The average molecular weight is 301 g/mol. The molecule has 1 unspecified atom stereocenters. The molecular weight excluding hydrogens is 288 g/mol. The zero-order valence-electron chi connectivity index (χ0n) is 10.6. The molecule has 1 atom stereocenters. The predicted molar refractivity (Wildman–Crippen MR) is 69.7 cm³/mol. The highest BCUT2D eigenvalue weighted by Gasteiger charge is 2.21. The van der Waals surface area contributed by atoms with Crippen LogP contribution in [-0.2, 0) is 9.59 Å². The minimum atomic E-state index is -1.29. The fourth-order valence-corrected chi connectivity index (χ4v) is 1.78. The van der Waals surface area contributed by atoms with Crippen molar-refractivity contribution in [2.45, 2.75) is 25.8 Å². The summed E-state index contributed by atoms with van der Waals surface area (Å²) < 4.78 is 0. The Hall–Kier alpha value is -2.15. The summed E-state index contributed by atoms with van der Waals surface area (Å²) in [6.07, 6.45) is -0.554. The number of pyridine rings is 1. The highest BCUT2D eigenvalue weighted by molar-refractivity contribution is 6.29. The van der Waals surface area contributed by atoms with Crippen molar-refractivity contribution in [3.63, 3.8) is 0 Å². The van der Waals surface area contributed by atoms with Gasteiger partial charge in [0.1, 0.15) is 11.2 Å². The van der Waals surface area contributed by atoms with Crippen LogP contribution in [0.3, 0.4) is 0 Å². The molecule has 8 heteroatoms. The second-order valence-corrected chi connectivity index (χ2v) is 4.50. The van der Waals surface area contributed by atoms with Crippen molar-refractivity contribution in [3.05, 3.63) is 28.5 Å². The van der Waals surface area contributed by atoms with Crippen molar-refractivity contribution in [3.8, 4) is 0 Å². The minimum Gasteiger partial charge on any atom is -0.481 e. The van der Waals surface area contributed by atoms with Gasteiger partial charge in [-0.2, -0.15) is 0 Å². The van der Waals surface area contributed by atoms with Crippen molar-refractivity contribution in [2.75, 3.05) is 0 Å². The molecule has 0 bridgehead atoms. The van der Waals surface area contributed by atoms with E-state index in [1.165, 1.54) is 12.1 Å². The van der Waals surface area contributed by atoms with Crippen molar-refractivity contribution in [1.29, 1.82) is 0 Å². The first kappa shape index (κ1) is 15.9. The molecule has 108 valence electrons. The first-order valence-corrected chi connectivity index (χ1v) is 6.07. The lowest BCUT2D eigenvalue weighted by Gasteiger charge is -2.13. The zero-order chi connectivity index (χ0) is 15.3. The van der Waals surface area contributed by atoms with Crippen LogP contribution in [0.25, 0.3) is 0 Å². The number of hydrogen-bond donors (Lipinski definition) is 3. The van der Waals surface area contributed by atoms with Gasteiger partial charge in [0, 0.05) is 17.7 Å². The van der Waals surface area contributed by atoms with Gasteiger partial charge in [-0.05, 0) is 25.5 Å². The monoisotopic (exact) mass is 300 g/mol. The fourth-order valence-electron chi connectivity index (χ4n) is 1.53. The molecule has 0 aliphatic heterocycles. The summed E-state index contributed by atoms with van der Waals surface area (Å²) >= 11 is 5.71. The molecule has 1 rings (SSSR count). The number of nitrogens with one attached hydrogen (secondary N) is 1. The highest BCUT2D eigenvalue weighted by Crippen LogP contribution is 2.11. The Morgan fingerprint density at radius 3 is 2.50 bits per heavy atom. The van der Waals surface area contributed by atoms with Crippen molar-refractivity contribution >= 4 is 29.4 Å². The third-order valence-corrected chi connectivity index (χ3v) is 2.63. The summed E-state index contributed by atoms with van der Waals surface area (Å²) in [4.78, 5) is 37.2. The number of carboxylic acids is 2.